The largest absolute Gasteiger partial charge is 0.490 e. The van der Waals surface area contributed by atoms with E-state index in [1.54, 1.807) is 6.20 Å². The summed E-state index contributed by atoms with van der Waals surface area (Å²) in [6.45, 7) is 2.54. The molecule has 2 aromatic carbocycles. The SMILES string of the molecule is CCOc1ccccc1Oc1ccnc2cc(N)ccc12. The van der Waals surface area contributed by atoms with Gasteiger partial charge in [-0.3, -0.25) is 4.98 Å². The van der Waals surface area contributed by atoms with E-state index in [4.69, 9.17) is 15.2 Å². The molecule has 106 valence electrons. The van der Waals surface area contributed by atoms with E-state index in [0.717, 1.165) is 22.4 Å². The molecule has 4 nitrogen and oxygen atoms in total. The predicted molar refractivity (Wildman–Crippen MR) is 83.8 cm³/mol. The van der Waals surface area contributed by atoms with Crippen molar-refractivity contribution in [2.45, 2.75) is 6.92 Å². The highest BCUT2D eigenvalue weighted by molar-refractivity contribution is 5.87. The zero-order valence-corrected chi connectivity index (χ0v) is 11.7. The number of hydrogen-bond acceptors (Lipinski definition) is 4. The summed E-state index contributed by atoms with van der Waals surface area (Å²) in [5.74, 6) is 2.14. The first kappa shape index (κ1) is 13.2. The summed E-state index contributed by atoms with van der Waals surface area (Å²) in [6, 6.07) is 15.0. The Morgan fingerprint density at radius 2 is 1.81 bits per heavy atom. The van der Waals surface area contributed by atoms with Crippen LogP contribution in [0.25, 0.3) is 10.9 Å². The van der Waals surface area contributed by atoms with Crippen LogP contribution in [-0.2, 0) is 0 Å². The third-order valence-electron chi connectivity index (χ3n) is 3.10. The van der Waals surface area contributed by atoms with Gasteiger partial charge in [0.1, 0.15) is 5.75 Å². The smallest absolute Gasteiger partial charge is 0.169 e. The average Bonchev–Trinajstić information content (AvgIpc) is 2.49. The van der Waals surface area contributed by atoms with E-state index in [2.05, 4.69) is 4.98 Å². The van der Waals surface area contributed by atoms with Gasteiger partial charge in [-0.25, -0.2) is 0 Å². The van der Waals surface area contributed by atoms with Gasteiger partial charge in [0.25, 0.3) is 0 Å². The number of benzene rings is 2. The Morgan fingerprint density at radius 1 is 1.00 bits per heavy atom. The second kappa shape index (κ2) is 5.71. The van der Waals surface area contributed by atoms with E-state index in [1.165, 1.54) is 0 Å². The topological polar surface area (TPSA) is 57.4 Å². The van der Waals surface area contributed by atoms with Gasteiger partial charge in [0, 0.05) is 17.3 Å². The third kappa shape index (κ3) is 2.74. The minimum atomic E-state index is 0.591. The van der Waals surface area contributed by atoms with Crippen LogP contribution in [0.15, 0.2) is 54.7 Å². The molecule has 0 atom stereocenters. The molecular formula is C17H16N2O2. The third-order valence-corrected chi connectivity index (χ3v) is 3.10. The lowest BCUT2D eigenvalue weighted by Crippen LogP contribution is -1.95. The number of pyridine rings is 1. The Hall–Kier alpha value is -2.75. The first-order valence-electron chi connectivity index (χ1n) is 6.82. The van der Waals surface area contributed by atoms with Gasteiger partial charge in [-0.15, -0.1) is 0 Å². The fraction of sp³-hybridized carbons (Fsp3) is 0.118. The van der Waals surface area contributed by atoms with Crippen LogP contribution >= 0.6 is 0 Å². The van der Waals surface area contributed by atoms with Crippen LogP contribution in [-0.4, -0.2) is 11.6 Å². The minimum Gasteiger partial charge on any atom is -0.490 e. The van der Waals surface area contributed by atoms with Gasteiger partial charge in [-0.2, -0.15) is 0 Å². The quantitative estimate of drug-likeness (QED) is 0.734. The number of aromatic nitrogens is 1. The van der Waals surface area contributed by atoms with Crippen LogP contribution < -0.4 is 15.2 Å². The van der Waals surface area contributed by atoms with Gasteiger partial charge >= 0.3 is 0 Å². The van der Waals surface area contributed by atoms with E-state index < -0.39 is 0 Å². The van der Waals surface area contributed by atoms with Crippen molar-refractivity contribution in [3.63, 3.8) is 0 Å². The van der Waals surface area contributed by atoms with Gasteiger partial charge in [-0.1, -0.05) is 12.1 Å². The van der Waals surface area contributed by atoms with Crippen molar-refractivity contribution < 1.29 is 9.47 Å². The average molecular weight is 280 g/mol. The molecule has 0 radical (unpaired) electrons. The number of anilines is 1. The summed E-state index contributed by atoms with van der Waals surface area (Å²) in [5, 5.41) is 0.915. The zero-order valence-electron chi connectivity index (χ0n) is 11.7. The van der Waals surface area contributed by atoms with Gasteiger partial charge in [0.05, 0.1) is 12.1 Å². The number of nitrogen functional groups attached to an aromatic ring is 1. The highest BCUT2D eigenvalue weighted by Crippen LogP contribution is 2.34. The van der Waals surface area contributed by atoms with Crippen molar-refractivity contribution in [3.05, 3.63) is 54.7 Å². The van der Waals surface area contributed by atoms with Crippen LogP contribution in [0.3, 0.4) is 0 Å². The summed E-state index contributed by atoms with van der Waals surface area (Å²) in [7, 11) is 0. The van der Waals surface area contributed by atoms with Crippen molar-refractivity contribution in [1.29, 1.82) is 0 Å². The number of nitrogens with two attached hydrogens (primary N) is 1. The maximum Gasteiger partial charge on any atom is 0.169 e. The molecule has 21 heavy (non-hydrogen) atoms. The van der Waals surface area contributed by atoms with E-state index in [0.29, 0.717) is 18.0 Å². The second-order valence-electron chi connectivity index (χ2n) is 4.57. The number of hydrogen-bond donors (Lipinski definition) is 1. The number of fused-ring (bicyclic) bond motifs is 1. The Morgan fingerprint density at radius 3 is 2.62 bits per heavy atom. The lowest BCUT2D eigenvalue weighted by Gasteiger charge is -2.12. The van der Waals surface area contributed by atoms with Gasteiger partial charge < -0.3 is 15.2 Å². The molecule has 3 aromatic rings. The van der Waals surface area contributed by atoms with Crippen molar-refractivity contribution in [2.75, 3.05) is 12.3 Å². The Balaban J connectivity index is 2.02. The molecule has 0 fully saturated rings. The highest BCUT2D eigenvalue weighted by Gasteiger charge is 2.08. The van der Waals surface area contributed by atoms with E-state index >= 15 is 0 Å². The molecule has 0 amide bonds. The maximum absolute atomic E-state index is 6.01. The summed E-state index contributed by atoms with van der Waals surface area (Å²) in [4.78, 5) is 4.31. The molecule has 4 heteroatoms. The maximum atomic E-state index is 6.01. The Labute approximate surface area is 123 Å². The van der Waals surface area contributed by atoms with Crippen molar-refractivity contribution in [3.8, 4) is 17.2 Å². The summed E-state index contributed by atoms with van der Waals surface area (Å²) >= 11 is 0. The fourth-order valence-electron chi connectivity index (χ4n) is 2.16. The molecule has 2 N–H and O–H groups in total. The standard InChI is InChI=1S/C17H16N2O2/c1-2-20-16-5-3-4-6-17(16)21-15-9-10-19-14-11-12(18)7-8-13(14)15/h3-11H,2,18H2,1H3. The lowest BCUT2D eigenvalue weighted by atomic mass is 10.2. The molecular weight excluding hydrogens is 264 g/mol. The number of rotatable bonds is 4. The molecule has 0 spiro atoms. The molecule has 0 saturated heterocycles. The second-order valence-corrected chi connectivity index (χ2v) is 4.57. The molecule has 1 aromatic heterocycles. The molecule has 0 aliphatic heterocycles. The van der Waals surface area contributed by atoms with Crippen LogP contribution in [0.5, 0.6) is 17.2 Å². The van der Waals surface area contributed by atoms with Crippen LogP contribution in [0.2, 0.25) is 0 Å². The Kier molecular flexibility index (Phi) is 3.60. The number of para-hydroxylation sites is 2. The molecule has 0 bridgehead atoms. The lowest BCUT2D eigenvalue weighted by molar-refractivity contribution is 0.322. The van der Waals surface area contributed by atoms with Crippen LogP contribution in [0.4, 0.5) is 5.69 Å². The van der Waals surface area contributed by atoms with E-state index in [9.17, 15) is 0 Å². The predicted octanol–water partition coefficient (Wildman–Crippen LogP) is 4.01. The van der Waals surface area contributed by atoms with Gasteiger partial charge in [-0.05, 0) is 43.3 Å². The fourth-order valence-corrected chi connectivity index (χ4v) is 2.16. The number of nitrogens with zero attached hydrogens (tertiary/aromatic N) is 1. The normalized spacial score (nSPS) is 10.5. The van der Waals surface area contributed by atoms with Crippen molar-refractivity contribution in [1.82, 2.24) is 4.98 Å². The van der Waals surface area contributed by atoms with E-state index in [-0.39, 0.29) is 0 Å². The molecule has 0 aliphatic rings. The summed E-state index contributed by atoms with van der Waals surface area (Å²) in [6.07, 6.45) is 1.71. The monoisotopic (exact) mass is 280 g/mol. The molecule has 1 heterocycles. The Bertz CT molecular complexity index is 772. The summed E-state index contributed by atoms with van der Waals surface area (Å²) in [5.41, 5.74) is 7.28. The van der Waals surface area contributed by atoms with Gasteiger partial charge in [0.2, 0.25) is 0 Å². The summed E-state index contributed by atoms with van der Waals surface area (Å²) < 4.78 is 11.6. The molecule has 3 rings (SSSR count). The van der Waals surface area contributed by atoms with E-state index in [1.807, 2.05) is 55.5 Å². The molecule has 0 saturated carbocycles. The first-order chi connectivity index (χ1) is 10.3. The zero-order chi connectivity index (χ0) is 14.7. The van der Waals surface area contributed by atoms with Gasteiger partial charge in [0.15, 0.2) is 11.5 Å². The van der Waals surface area contributed by atoms with Crippen molar-refractivity contribution >= 4 is 16.6 Å². The minimum absolute atomic E-state index is 0.591. The van der Waals surface area contributed by atoms with Crippen molar-refractivity contribution in [2.24, 2.45) is 0 Å². The molecule has 0 aliphatic carbocycles. The first-order valence-corrected chi connectivity index (χ1v) is 6.82. The van der Waals surface area contributed by atoms with Crippen LogP contribution in [0, 0.1) is 0 Å². The molecule has 0 unspecified atom stereocenters. The highest BCUT2D eigenvalue weighted by atomic mass is 16.5. The number of ether oxygens (including phenoxy) is 2. The van der Waals surface area contributed by atoms with Crippen LogP contribution in [0.1, 0.15) is 6.92 Å².